The smallest absolute Gasteiger partial charge is 0.341 e. The Bertz CT molecular complexity index is 1310. The number of ether oxygens (including phenoxy) is 2. The molecule has 0 aliphatic heterocycles. The van der Waals surface area contributed by atoms with Crippen LogP contribution in [0.25, 0.3) is 0 Å². The topological polar surface area (TPSA) is 93.7 Å². The van der Waals surface area contributed by atoms with Crippen molar-refractivity contribution in [2.75, 3.05) is 17.2 Å². The average molecular weight is 521 g/mol. The predicted octanol–water partition coefficient (Wildman–Crippen LogP) is 6.08. The molecule has 1 atom stereocenters. The largest absolute Gasteiger partial charge is 0.481 e. The fourth-order valence-corrected chi connectivity index (χ4v) is 5.65. The van der Waals surface area contributed by atoms with E-state index in [0.29, 0.717) is 21.9 Å². The molecule has 4 rings (SSSR count). The zero-order valence-corrected chi connectivity index (χ0v) is 22.4. The summed E-state index contributed by atoms with van der Waals surface area (Å²) in [6.45, 7) is 7.67. The van der Waals surface area contributed by atoms with Gasteiger partial charge < -0.3 is 20.1 Å². The van der Waals surface area contributed by atoms with Gasteiger partial charge in [0.05, 0.1) is 12.2 Å². The van der Waals surface area contributed by atoms with Crippen LogP contribution in [0.15, 0.2) is 42.5 Å². The zero-order chi connectivity index (χ0) is 26.5. The highest BCUT2D eigenvalue weighted by molar-refractivity contribution is 7.17. The van der Waals surface area contributed by atoms with E-state index in [0.717, 1.165) is 52.9 Å². The van der Waals surface area contributed by atoms with Crippen molar-refractivity contribution in [1.82, 2.24) is 0 Å². The van der Waals surface area contributed by atoms with Gasteiger partial charge in [-0.25, -0.2) is 4.79 Å². The van der Waals surface area contributed by atoms with Crippen LogP contribution in [0.2, 0.25) is 0 Å². The lowest BCUT2D eigenvalue weighted by Crippen LogP contribution is -2.30. The van der Waals surface area contributed by atoms with Crippen molar-refractivity contribution in [2.45, 2.75) is 59.5 Å². The van der Waals surface area contributed by atoms with Gasteiger partial charge in [-0.15, -0.1) is 11.3 Å². The van der Waals surface area contributed by atoms with Gasteiger partial charge in [-0.1, -0.05) is 17.7 Å². The van der Waals surface area contributed by atoms with Crippen LogP contribution in [0.4, 0.5) is 10.7 Å². The molecular weight excluding hydrogens is 488 g/mol. The highest BCUT2D eigenvalue weighted by Crippen LogP contribution is 2.38. The second-order valence-corrected chi connectivity index (χ2v) is 10.3. The summed E-state index contributed by atoms with van der Waals surface area (Å²) < 4.78 is 11.1. The maximum Gasteiger partial charge on any atom is 0.341 e. The van der Waals surface area contributed by atoms with Crippen LogP contribution in [-0.4, -0.2) is 30.5 Å². The number of benzene rings is 2. The van der Waals surface area contributed by atoms with Crippen LogP contribution in [-0.2, 0) is 22.4 Å². The van der Waals surface area contributed by atoms with Crippen LogP contribution >= 0.6 is 11.3 Å². The molecule has 0 spiro atoms. The van der Waals surface area contributed by atoms with Gasteiger partial charge in [0.1, 0.15) is 10.8 Å². The summed E-state index contributed by atoms with van der Waals surface area (Å²) >= 11 is 1.45. The number of carbonyl (C=O) groups is 3. The lowest BCUT2D eigenvalue weighted by Gasteiger charge is -2.16. The molecule has 2 aromatic carbocycles. The minimum Gasteiger partial charge on any atom is -0.481 e. The minimum absolute atomic E-state index is 0.262. The Hall–Kier alpha value is -3.65. The number of hydrogen-bond donors (Lipinski definition) is 2. The van der Waals surface area contributed by atoms with Crippen molar-refractivity contribution in [3.8, 4) is 5.75 Å². The zero-order valence-electron chi connectivity index (χ0n) is 21.6. The molecule has 0 bridgehead atoms. The van der Waals surface area contributed by atoms with Crippen LogP contribution in [0.3, 0.4) is 0 Å². The number of carbonyl (C=O) groups excluding carboxylic acids is 3. The van der Waals surface area contributed by atoms with E-state index in [-0.39, 0.29) is 18.4 Å². The van der Waals surface area contributed by atoms with Crippen molar-refractivity contribution in [2.24, 2.45) is 0 Å². The molecular formula is C29H32N2O5S. The lowest BCUT2D eigenvalue weighted by atomic mass is 9.95. The van der Waals surface area contributed by atoms with Crippen LogP contribution in [0.5, 0.6) is 5.75 Å². The summed E-state index contributed by atoms with van der Waals surface area (Å²) in [5, 5.41) is 6.34. The Morgan fingerprint density at radius 2 is 1.73 bits per heavy atom. The van der Waals surface area contributed by atoms with E-state index >= 15 is 0 Å². The second kappa shape index (κ2) is 11.6. The molecule has 7 nitrogen and oxygen atoms in total. The van der Waals surface area contributed by atoms with Gasteiger partial charge in [0.25, 0.3) is 11.8 Å². The number of hydrogen-bond acceptors (Lipinski definition) is 6. The van der Waals surface area contributed by atoms with Crippen molar-refractivity contribution in [1.29, 1.82) is 0 Å². The standard InChI is InChI=1S/C29H32N2O5S/c1-5-35-29(34)25-22-8-6-7-9-24(22)37-28(25)31-27(33)20-11-13-21(14-12-20)36-19(4)26(32)30-23-15-10-17(2)16-18(23)3/h10-16,19H,5-9H2,1-4H3,(H,30,32)(H,31,33)/t19-/m0/s1. The Labute approximate surface area is 221 Å². The van der Waals surface area contributed by atoms with Gasteiger partial charge in [0.2, 0.25) is 0 Å². The first-order valence-corrected chi connectivity index (χ1v) is 13.4. The SMILES string of the molecule is CCOC(=O)c1c(NC(=O)c2ccc(O[C@@H](C)C(=O)Nc3ccc(C)cc3C)cc2)sc2c1CCCC2. The number of esters is 1. The molecule has 0 fully saturated rings. The van der Waals surface area contributed by atoms with E-state index in [1.54, 1.807) is 38.1 Å². The van der Waals surface area contributed by atoms with E-state index < -0.39 is 12.1 Å². The molecule has 2 amide bonds. The Balaban J connectivity index is 1.41. The molecule has 194 valence electrons. The summed E-state index contributed by atoms with van der Waals surface area (Å²) in [6, 6.07) is 12.4. The fraction of sp³-hybridized carbons (Fsp3) is 0.345. The molecule has 0 saturated carbocycles. The second-order valence-electron chi connectivity index (χ2n) is 9.18. The average Bonchev–Trinajstić information content (AvgIpc) is 3.24. The first-order valence-electron chi connectivity index (χ1n) is 12.5. The lowest BCUT2D eigenvalue weighted by molar-refractivity contribution is -0.122. The molecule has 2 N–H and O–H groups in total. The van der Waals surface area contributed by atoms with E-state index in [1.807, 2.05) is 32.0 Å². The van der Waals surface area contributed by atoms with E-state index in [1.165, 1.54) is 11.3 Å². The van der Waals surface area contributed by atoms with Crippen molar-refractivity contribution >= 4 is 39.8 Å². The highest BCUT2D eigenvalue weighted by atomic mass is 32.1. The molecule has 8 heteroatoms. The third kappa shape index (κ3) is 6.20. The number of fused-ring (bicyclic) bond motifs is 1. The molecule has 0 radical (unpaired) electrons. The van der Waals surface area contributed by atoms with Crippen LogP contribution in [0.1, 0.15) is 69.0 Å². The normalized spacial score (nSPS) is 13.3. The van der Waals surface area contributed by atoms with Crippen molar-refractivity contribution in [3.63, 3.8) is 0 Å². The fourth-order valence-electron chi connectivity index (χ4n) is 4.38. The minimum atomic E-state index is -0.732. The summed E-state index contributed by atoms with van der Waals surface area (Å²) in [5.41, 5.74) is 4.75. The van der Waals surface area contributed by atoms with Crippen molar-refractivity contribution in [3.05, 3.63) is 75.2 Å². The van der Waals surface area contributed by atoms with Gasteiger partial charge in [-0.2, -0.15) is 0 Å². The number of nitrogens with one attached hydrogen (secondary N) is 2. The summed E-state index contributed by atoms with van der Waals surface area (Å²) in [5.74, 6) is -0.508. The van der Waals surface area contributed by atoms with E-state index in [4.69, 9.17) is 9.47 Å². The number of rotatable bonds is 8. The number of anilines is 2. The molecule has 1 aliphatic carbocycles. The molecule has 0 saturated heterocycles. The maximum atomic E-state index is 13.0. The molecule has 0 unspecified atom stereocenters. The predicted molar refractivity (Wildman–Crippen MR) is 146 cm³/mol. The van der Waals surface area contributed by atoms with Gasteiger partial charge in [-0.05, 0) is 94.8 Å². The van der Waals surface area contributed by atoms with E-state index in [2.05, 4.69) is 10.6 Å². The molecule has 1 aromatic heterocycles. The first kappa shape index (κ1) is 26.4. The highest BCUT2D eigenvalue weighted by Gasteiger charge is 2.27. The van der Waals surface area contributed by atoms with Gasteiger partial charge in [-0.3, -0.25) is 9.59 Å². The van der Waals surface area contributed by atoms with Gasteiger partial charge in [0, 0.05) is 16.1 Å². The molecule has 37 heavy (non-hydrogen) atoms. The maximum absolute atomic E-state index is 13.0. The van der Waals surface area contributed by atoms with Crippen LogP contribution < -0.4 is 15.4 Å². The van der Waals surface area contributed by atoms with Gasteiger partial charge >= 0.3 is 5.97 Å². The monoisotopic (exact) mass is 520 g/mol. The third-order valence-corrected chi connectivity index (χ3v) is 7.52. The van der Waals surface area contributed by atoms with Crippen LogP contribution in [0, 0.1) is 13.8 Å². The van der Waals surface area contributed by atoms with Gasteiger partial charge in [0.15, 0.2) is 6.10 Å². The number of aryl methyl sites for hydroxylation is 3. The summed E-state index contributed by atoms with van der Waals surface area (Å²) in [7, 11) is 0. The molecule has 3 aromatic rings. The quantitative estimate of drug-likeness (QED) is 0.351. The Morgan fingerprint density at radius 3 is 2.43 bits per heavy atom. The number of amides is 2. The Morgan fingerprint density at radius 1 is 1.00 bits per heavy atom. The first-order chi connectivity index (χ1) is 17.8. The number of thiophene rings is 1. The Kier molecular flexibility index (Phi) is 8.28. The van der Waals surface area contributed by atoms with E-state index in [9.17, 15) is 14.4 Å². The molecule has 1 heterocycles. The summed E-state index contributed by atoms with van der Waals surface area (Å²) in [4.78, 5) is 39.4. The summed E-state index contributed by atoms with van der Waals surface area (Å²) in [6.07, 6.45) is 3.09. The van der Waals surface area contributed by atoms with Crippen molar-refractivity contribution < 1.29 is 23.9 Å². The molecule has 1 aliphatic rings. The third-order valence-electron chi connectivity index (χ3n) is 6.32.